The fourth-order valence-electron chi connectivity index (χ4n) is 3.03. The Morgan fingerprint density at radius 3 is 2.58 bits per heavy atom. The van der Waals surface area contributed by atoms with Crippen LogP contribution in [0.4, 0.5) is 0 Å². The molecule has 5 heteroatoms. The van der Waals surface area contributed by atoms with E-state index in [-0.39, 0.29) is 12.4 Å². The normalized spacial score (nSPS) is 17.8. The van der Waals surface area contributed by atoms with E-state index < -0.39 is 17.7 Å². The minimum absolute atomic E-state index is 0.0860. The van der Waals surface area contributed by atoms with Crippen molar-refractivity contribution in [2.75, 3.05) is 0 Å². The maximum absolute atomic E-state index is 12.5. The summed E-state index contributed by atoms with van der Waals surface area (Å²) in [6.07, 6.45) is 5.22. The molecule has 4 nitrogen and oxygen atoms in total. The summed E-state index contributed by atoms with van der Waals surface area (Å²) in [5, 5.41) is 2.02. The molecule has 24 heavy (non-hydrogen) atoms. The van der Waals surface area contributed by atoms with Crippen molar-refractivity contribution in [1.29, 1.82) is 0 Å². The highest BCUT2D eigenvalue weighted by molar-refractivity contribution is 7.10. The summed E-state index contributed by atoms with van der Waals surface area (Å²) in [6, 6.07) is 4.04. The van der Waals surface area contributed by atoms with Crippen molar-refractivity contribution >= 4 is 23.3 Å². The zero-order valence-electron chi connectivity index (χ0n) is 14.5. The van der Waals surface area contributed by atoms with Crippen LogP contribution < -0.4 is 0 Å². The molecule has 1 aliphatic carbocycles. The number of hydrogen-bond donors (Lipinski definition) is 0. The first kappa shape index (κ1) is 18.7. The van der Waals surface area contributed by atoms with Gasteiger partial charge in [0.05, 0.1) is 6.42 Å². The molecule has 132 valence electrons. The molecule has 1 aliphatic rings. The summed E-state index contributed by atoms with van der Waals surface area (Å²) in [5.74, 6) is -0.757. The van der Waals surface area contributed by atoms with Crippen molar-refractivity contribution in [2.45, 2.75) is 70.5 Å². The fraction of sp³-hybridized carbons (Fsp3) is 0.579. The van der Waals surface area contributed by atoms with Crippen LogP contribution in [0.5, 0.6) is 0 Å². The number of esters is 2. The van der Waals surface area contributed by atoms with Gasteiger partial charge >= 0.3 is 11.9 Å². The summed E-state index contributed by atoms with van der Waals surface area (Å²) >= 11 is 1.64. The van der Waals surface area contributed by atoms with Crippen molar-refractivity contribution in [2.24, 2.45) is 0 Å². The minimum atomic E-state index is -0.500. The van der Waals surface area contributed by atoms with Crippen LogP contribution in [0.15, 0.2) is 29.7 Å². The predicted octanol–water partition coefficient (Wildman–Crippen LogP) is 4.74. The standard InChI is InChI=1S/C19H26O4S/c1-4-15(22-18(21)14(2)3)13-17(20)23-19(10-6-5-7-11-19)16-9-8-12-24-16/h8-9,12,15H,2,4-7,10-11,13H2,1,3H3. The molecule has 1 unspecified atom stereocenters. The molecule has 0 spiro atoms. The number of thiophene rings is 1. The third-order valence-electron chi connectivity index (χ3n) is 4.41. The number of rotatable bonds is 7. The third kappa shape index (κ3) is 4.69. The maximum atomic E-state index is 12.5. The van der Waals surface area contributed by atoms with Gasteiger partial charge in [-0.15, -0.1) is 11.3 Å². The topological polar surface area (TPSA) is 52.6 Å². The summed E-state index contributed by atoms with van der Waals surface area (Å²) in [7, 11) is 0. The Morgan fingerprint density at radius 2 is 2.04 bits per heavy atom. The van der Waals surface area contributed by atoms with E-state index in [1.807, 2.05) is 24.4 Å². The van der Waals surface area contributed by atoms with Crippen LogP contribution in [0.3, 0.4) is 0 Å². The first-order valence-corrected chi connectivity index (χ1v) is 9.47. The summed E-state index contributed by atoms with van der Waals surface area (Å²) in [5.41, 5.74) is -0.163. The van der Waals surface area contributed by atoms with Crippen LogP contribution >= 0.6 is 11.3 Å². The largest absolute Gasteiger partial charge is 0.458 e. The second kappa shape index (κ2) is 8.47. The monoisotopic (exact) mass is 350 g/mol. The first-order valence-electron chi connectivity index (χ1n) is 8.59. The fourth-order valence-corrected chi connectivity index (χ4v) is 3.95. The van der Waals surface area contributed by atoms with Gasteiger partial charge in [0.25, 0.3) is 0 Å². The lowest BCUT2D eigenvalue weighted by molar-refractivity contribution is -0.169. The molecule has 0 aliphatic heterocycles. The summed E-state index contributed by atoms with van der Waals surface area (Å²) in [6.45, 7) is 7.06. The quantitative estimate of drug-likeness (QED) is 0.526. The molecule has 1 atom stereocenters. The van der Waals surface area contributed by atoms with Gasteiger partial charge in [-0.2, -0.15) is 0 Å². The predicted molar refractivity (Wildman–Crippen MR) is 94.8 cm³/mol. The number of carbonyl (C=O) groups excluding carboxylic acids is 2. The van der Waals surface area contributed by atoms with Crippen molar-refractivity contribution in [3.05, 3.63) is 34.5 Å². The molecule has 0 amide bonds. The highest BCUT2D eigenvalue weighted by atomic mass is 32.1. The van der Waals surface area contributed by atoms with Crippen LogP contribution in [0, 0.1) is 0 Å². The minimum Gasteiger partial charge on any atom is -0.458 e. The van der Waals surface area contributed by atoms with E-state index in [1.54, 1.807) is 18.3 Å². The number of ether oxygens (including phenoxy) is 2. The van der Waals surface area contributed by atoms with Crippen LogP contribution in [0.1, 0.15) is 63.7 Å². The smallest absolute Gasteiger partial charge is 0.333 e. The Hall–Kier alpha value is -1.62. The Morgan fingerprint density at radius 1 is 1.33 bits per heavy atom. The summed E-state index contributed by atoms with van der Waals surface area (Å²) < 4.78 is 11.3. The molecule has 1 aromatic heterocycles. The zero-order valence-corrected chi connectivity index (χ0v) is 15.3. The van der Waals surface area contributed by atoms with Crippen LogP contribution in [-0.2, 0) is 24.7 Å². The Labute approximate surface area is 147 Å². The second-order valence-corrected chi connectivity index (χ2v) is 7.37. The lowest BCUT2D eigenvalue weighted by Crippen LogP contribution is -2.35. The lowest BCUT2D eigenvalue weighted by atomic mass is 9.83. The molecule has 0 radical (unpaired) electrons. The molecule has 1 saturated carbocycles. The molecule has 0 N–H and O–H groups in total. The highest BCUT2D eigenvalue weighted by Crippen LogP contribution is 2.42. The van der Waals surface area contributed by atoms with Gasteiger partial charge in [0.1, 0.15) is 11.7 Å². The van der Waals surface area contributed by atoms with Crippen LogP contribution in [0.2, 0.25) is 0 Å². The molecule has 2 rings (SSSR count). The molecule has 0 saturated heterocycles. The average Bonchev–Trinajstić information content (AvgIpc) is 3.10. The Kier molecular flexibility index (Phi) is 6.60. The molecule has 1 heterocycles. The average molecular weight is 350 g/mol. The maximum Gasteiger partial charge on any atom is 0.333 e. The molecule has 1 aromatic rings. The lowest BCUT2D eigenvalue weighted by Gasteiger charge is -2.36. The van der Waals surface area contributed by atoms with E-state index in [4.69, 9.17) is 9.47 Å². The van der Waals surface area contributed by atoms with Gasteiger partial charge in [0, 0.05) is 10.5 Å². The molecule has 1 fully saturated rings. The first-order chi connectivity index (χ1) is 11.5. The molecular weight excluding hydrogens is 324 g/mol. The van der Waals surface area contributed by atoms with E-state index in [9.17, 15) is 9.59 Å². The van der Waals surface area contributed by atoms with E-state index in [0.29, 0.717) is 12.0 Å². The van der Waals surface area contributed by atoms with Crippen molar-refractivity contribution in [3.63, 3.8) is 0 Å². The van der Waals surface area contributed by atoms with Gasteiger partial charge in [-0.25, -0.2) is 4.79 Å². The van der Waals surface area contributed by atoms with E-state index in [1.165, 1.54) is 6.42 Å². The van der Waals surface area contributed by atoms with Crippen LogP contribution in [-0.4, -0.2) is 18.0 Å². The summed E-state index contributed by atoms with van der Waals surface area (Å²) in [4.78, 5) is 25.3. The highest BCUT2D eigenvalue weighted by Gasteiger charge is 2.39. The van der Waals surface area contributed by atoms with Gasteiger partial charge in [-0.05, 0) is 50.5 Å². The van der Waals surface area contributed by atoms with Gasteiger partial charge < -0.3 is 9.47 Å². The van der Waals surface area contributed by atoms with Crippen molar-refractivity contribution in [3.8, 4) is 0 Å². The number of hydrogen-bond acceptors (Lipinski definition) is 5. The van der Waals surface area contributed by atoms with Gasteiger partial charge in [-0.1, -0.05) is 26.0 Å². The second-order valence-electron chi connectivity index (χ2n) is 6.43. The zero-order chi connectivity index (χ0) is 17.6. The van der Waals surface area contributed by atoms with Crippen LogP contribution in [0.25, 0.3) is 0 Å². The van der Waals surface area contributed by atoms with Crippen molar-refractivity contribution < 1.29 is 19.1 Å². The molecule has 0 aromatic carbocycles. The van der Waals surface area contributed by atoms with E-state index in [2.05, 4.69) is 6.58 Å². The van der Waals surface area contributed by atoms with Gasteiger partial charge in [0.2, 0.25) is 0 Å². The number of carbonyl (C=O) groups is 2. The molecule has 0 bridgehead atoms. The Bertz CT molecular complexity index is 570. The van der Waals surface area contributed by atoms with Crippen molar-refractivity contribution in [1.82, 2.24) is 0 Å². The van der Waals surface area contributed by atoms with Gasteiger partial charge in [0.15, 0.2) is 0 Å². The Balaban J connectivity index is 2.02. The SMILES string of the molecule is C=C(C)C(=O)OC(CC)CC(=O)OC1(c2cccs2)CCCCC1. The molecular formula is C19H26O4S. The van der Waals surface area contributed by atoms with E-state index >= 15 is 0 Å². The van der Waals surface area contributed by atoms with E-state index in [0.717, 1.165) is 30.6 Å². The van der Waals surface area contributed by atoms with Gasteiger partial charge in [-0.3, -0.25) is 4.79 Å². The third-order valence-corrected chi connectivity index (χ3v) is 5.47.